The second-order valence-electron chi connectivity index (χ2n) is 7.27. The van der Waals surface area contributed by atoms with Crippen molar-refractivity contribution < 1.29 is 46.1 Å². The molecule has 2 heterocycles. The molecule has 0 aliphatic carbocycles. The largest absolute Gasteiger partial charge is 0.438 e. The fraction of sp³-hybridized carbons (Fsp3) is 0.750. The molecule has 0 aromatic carbocycles. The number of hydrogen-bond donors (Lipinski definition) is 2. The van der Waals surface area contributed by atoms with E-state index in [2.05, 4.69) is 10.2 Å². The van der Waals surface area contributed by atoms with Crippen LogP contribution >= 0.6 is 0 Å². The van der Waals surface area contributed by atoms with Crippen molar-refractivity contribution in [2.75, 3.05) is 0 Å². The first kappa shape index (κ1) is 24.1. The summed E-state index contributed by atoms with van der Waals surface area (Å²) < 4.78 is 78.6. The van der Waals surface area contributed by atoms with Crippen LogP contribution in [0.1, 0.15) is 52.4 Å². The van der Waals surface area contributed by atoms with E-state index < -0.39 is 61.3 Å². The number of carbonyl (C=O) groups excluding carboxylic acids is 2. The Balaban J connectivity index is 1.93. The summed E-state index contributed by atoms with van der Waals surface area (Å²) in [5.74, 6) is -2.30. The standard InChI is InChI=1S/C16H20F6N4O4/c1-9-7-13(29,15(17,18)19)25(23-9)11(27)5-3-4-6-12(28)26-14(30,16(20,21)22)8-10(2)24-26/h29-30H,3-8H2,1-2H3/t13-,14-/m1/s1. The minimum Gasteiger partial charge on any atom is -0.362 e. The van der Waals surface area contributed by atoms with Crippen molar-refractivity contribution in [3.63, 3.8) is 0 Å². The van der Waals surface area contributed by atoms with Gasteiger partial charge in [0.05, 0.1) is 0 Å². The summed E-state index contributed by atoms with van der Waals surface area (Å²) in [7, 11) is 0. The van der Waals surface area contributed by atoms with Gasteiger partial charge in [-0.25, -0.2) is 0 Å². The number of hydrazone groups is 2. The Kier molecular flexibility index (Phi) is 6.25. The van der Waals surface area contributed by atoms with Gasteiger partial charge in [-0.2, -0.15) is 46.6 Å². The third-order valence-corrected chi connectivity index (χ3v) is 4.66. The number of aliphatic hydroxyl groups is 2. The normalized spacial score (nSPS) is 27.4. The average Bonchev–Trinajstić information content (AvgIpc) is 3.07. The summed E-state index contributed by atoms with van der Waals surface area (Å²) in [6.45, 7) is 2.42. The zero-order valence-corrected chi connectivity index (χ0v) is 16.0. The molecule has 0 aromatic heterocycles. The summed E-state index contributed by atoms with van der Waals surface area (Å²) >= 11 is 0. The maximum absolute atomic E-state index is 13.1. The predicted octanol–water partition coefficient (Wildman–Crippen LogP) is 2.27. The highest BCUT2D eigenvalue weighted by Crippen LogP contribution is 2.41. The molecule has 0 aromatic rings. The van der Waals surface area contributed by atoms with Crippen molar-refractivity contribution in [1.29, 1.82) is 0 Å². The van der Waals surface area contributed by atoms with Gasteiger partial charge in [-0.05, 0) is 26.7 Å². The van der Waals surface area contributed by atoms with Crippen molar-refractivity contribution in [2.24, 2.45) is 10.2 Å². The smallest absolute Gasteiger partial charge is 0.362 e. The van der Waals surface area contributed by atoms with E-state index in [-0.39, 0.29) is 34.3 Å². The SMILES string of the molecule is CC1=NN(C(=O)CCCCC(=O)N2N=C(C)C[C@@]2(O)C(F)(F)F)[C@](O)(C(F)(F)F)C1. The quantitative estimate of drug-likeness (QED) is 0.499. The number of halogens is 6. The molecule has 2 rings (SSSR count). The lowest BCUT2D eigenvalue weighted by molar-refractivity contribution is -0.302. The molecule has 170 valence electrons. The highest BCUT2D eigenvalue weighted by Gasteiger charge is 2.63. The van der Waals surface area contributed by atoms with E-state index in [1.54, 1.807) is 0 Å². The van der Waals surface area contributed by atoms with Crippen molar-refractivity contribution in [3.05, 3.63) is 0 Å². The molecule has 0 bridgehead atoms. The third-order valence-electron chi connectivity index (χ3n) is 4.66. The Hall–Kier alpha value is -2.22. The molecule has 0 saturated heterocycles. The topological polar surface area (TPSA) is 106 Å². The molecule has 2 amide bonds. The number of carbonyl (C=O) groups is 2. The lowest BCUT2D eigenvalue weighted by atomic mass is 10.1. The van der Waals surface area contributed by atoms with Gasteiger partial charge in [-0.15, -0.1) is 0 Å². The van der Waals surface area contributed by atoms with Crippen molar-refractivity contribution in [3.8, 4) is 0 Å². The fourth-order valence-corrected chi connectivity index (χ4v) is 3.17. The zero-order valence-electron chi connectivity index (χ0n) is 16.0. The summed E-state index contributed by atoms with van der Waals surface area (Å²) in [5.41, 5.74) is -7.14. The van der Waals surface area contributed by atoms with Crippen LogP contribution in [0.25, 0.3) is 0 Å². The molecule has 0 radical (unpaired) electrons. The first-order valence-electron chi connectivity index (χ1n) is 8.85. The third kappa shape index (κ3) is 4.29. The Morgan fingerprint density at radius 3 is 1.40 bits per heavy atom. The van der Waals surface area contributed by atoms with Crippen LogP contribution in [0.5, 0.6) is 0 Å². The Morgan fingerprint density at radius 1 is 0.833 bits per heavy atom. The van der Waals surface area contributed by atoms with Crippen LogP contribution in [-0.2, 0) is 9.59 Å². The van der Waals surface area contributed by atoms with Gasteiger partial charge >= 0.3 is 12.4 Å². The molecular weight excluding hydrogens is 426 g/mol. The average molecular weight is 446 g/mol. The van der Waals surface area contributed by atoms with Gasteiger partial charge in [0.2, 0.25) is 11.8 Å². The lowest BCUT2D eigenvalue weighted by Gasteiger charge is -2.33. The Morgan fingerprint density at radius 2 is 1.13 bits per heavy atom. The summed E-state index contributed by atoms with van der Waals surface area (Å²) in [4.78, 5) is 24.2. The van der Waals surface area contributed by atoms with Crippen LogP contribution in [0.3, 0.4) is 0 Å². The van der Waals surface area contributed by atoms with E-state index >= 15 is 0 Å². The van der Waals surface area contributed by atoms with E-state index in [1.165, 1.54) is 13.8 Å². The van der Waals surface area contributed by atoms with Crippen LogP contribution in [0.2, 0.25) is 0 Å². The molecule has 0 unspecified atom stereocenters. The van der Waals surface area contributed by atoms with E-state index in [9.17, 15) is 46.1 Å². The first-order valence-corrected chi connectivity index (χ1v) is 8.85. The number of amides is 2. The van der Waals surface area contributed by atoms with Crippen molar-refractivity contribution >= 4 is 23.2 Å². The highest BCUT2D eigenvalue weighted by atomic mass is 19.4. The zero-order chi connectivity index (χ0) is 23.1. The van der Waals surface area contributed by atoms with Crippen LogP contribution < -0.4 is 0 Å². The van der Waals surface area contributed by atoms with Gasteiger partial charge < -0.3 is 10.2 Å². The van der Waals surface area contributed by atoms with Gasteiger partial charge in [-0.1, -0.05) is 0 Å². The van der Waals surface area contributed by atoms with E-state index in [0.717, 1.165) is 0 Å². The Labute approximate surface area is 166 Å². The van der Waals surface area contributed by atoms with Crippen LogP contribution in [-0.4, -0.2) is 67.3 Å². The molecule has 2 aliphatic heterocycles. The number of rotatable bonds is 5. The van der Waals surface area contributed by atoms with Gasteiger partial charge in [0.15, 0.2) is 0 Å². The maximum atomic E-state index is 13.1. The summed E-state index contributed by atoms with van der Waals surface area (Å²) in [5, 5.41) is 26.4. The number of unbranched alkanes of at least 4 members (excludes halogenated alkanes) is 1. The molecule has 2 N–H and O–H groups in total. The van der Waals surface area contributed by atoms with Crippen LogP contribution in [0.4, 0.5) is 26.3 Å². The predicted molar refractivity (Wildman–Crippen MR) is 89.6 cm³/mol. The van der Waals surface area contributed by atoms with Gasteiger partial charge in [0, 0.05) is 37.1 Å². The number of hydrogen-bond acceptors (Lipinski definition) is 6. The highest BCUT2D eigenvalue weighted by molar-refractivity contribution is 5.90. The molecule has 0 fully saturated rings. The fourth-order valence-electron chi connectivity index (χ4n) is 3.17. The maximum Gasteiger partial charge on any atom is 0.438 e. The van der Waals surface area contributed by atoms with Crippen molar-refractivity contribution in [1.82, 2.24) is 10.0 Å². The summed E-state index contributed by atoms with van der Waals surface area (Å²) in [6.07, 6.45) is -13.5. The van der Waals surface area contributed by atoms with Crippen LogP contribution in [0, 0.1) is 0 Å². The molecule has 14 heteroatoms. The monoisotopic (exact) mass is 446 g/mol. The minimum absolute atomic E-state index is 0.0549. The number of nitrogens with zero attached hydrogens (tertiary/aromatic N) is 4. The molecule has 2 aliphatic rings. The van der Waals surface area contributed by atoms with Crippen LogP contribution in [0.15, 0.2) is 10.2 Å². The second kappa shape index (κ2) is 7.80. The van der Waals surface area contributed by atoms with Crippen molar-refractivity contribution in [2.45, 2.75) is 76.2 Å². The van der Waals surface area contributed by atoms with Gasteiger partial charge in [-0.3, -0.25) is 9.59 Å². The number of alkyl halides is 6. The summed E-state index contributed by atoms with van der Waals surface area (Å²) in [6, 6.07) is 0. The van der Waals surface area contributed by atoms with E-state index in [1.807, 2.05) is 0 Å². The van der Waals surface area contributed by atoms with E-state index in [4.69, 9.17) is 0 Å². The van der Waals surface area contributed by atoms with Gasteiger partial charge in [0.1, 0.15) is 0 Å². The molecule has 2 atom stereocenters. The minimum atomic E-state index is -5.15. The Bertz CT molecular complexity index is 717. The molecule has 8 nitrogen and oxygen atoms in total. The molecule has 0 saturated carbocycles. The molecular formula is C16H20F6N4O4. The molecule has 30 heavy (non-hydrogen) atoms. The molecule has 0 spiro atoms. The first-order chi connectivity index (χ1) is 13.5. The lowest BCUT2D eigenvalue weighted by Crippen LogP contribution is -2.56. The van der Waals surface area contributed by atoms with Gasteiger partial charge in [0.25, 0.3) is 11.4 Å². The second-order valence-corrected chi connectivity index (χ2v) is 7.27. The van der Waals surface area contributed by atoms with E-state index in [0.29, 0.717) is 0 Å².